The molecule has 3 saturated carbocycles. The average molecular weight is 403 g/mol. The molecule has 4 aliphatic rings. The van der Waals surface area contributed by atoms with Gasteiger partial charge in [0.25, 0.3) is 0 Å². The summed E-state index contributed by atoms with van der Waals surface area (Å²) < 4.78 is 0. The molecule has 0 radical (unpaired) electrons. The molecular formula is C27H46O2. The second kappa shape index (κ2) is 7.97. The lowest BCUT2D eigenvalue weighted by Gasteiger charge is -2.59. The first-order valence-electron chi connectivity index (χ1n) is 12.7. The van der Waals surface area contributed by atoms with E-state index in [0.29, 0.717) is 11.3 Å². The largest absolute Gasteiger partial charge is 0.390 e. The lowest BCUT2D eigenvalue weighted by atomic mass is 9.46. The summed E-state index contributed by atoms with van der Waals surface area (Å²) in [7, 11) is 0. The third-order valence-electron chi connectivity index (χ3n) is 10.4. The molecule has 0 aliphatic heterocycles. The van der Waals surface area contributed by atoms with E-state index in [1.807, 2.05) is 0 Å². The Kier molecular flexibility index (Phi) is 6.01. The molecule has 2 nitrogen and oxygen atoms in total. The van der Waals surface area contributed by atoms with Crippen molar-refractivity contribution in [2.24, 2.45) is 46.3 Å². The molecule has 9 atom stereocenters. The Bertz CT molecular complexity index is 624. The lowest BCUT2D eigenvalue weighted by Crippen LogP contribution is -2.53. The van der Waals surface area contributed by atoms with Crippen molar-refractivity contribution in [1.82, 2.24) is 0 Å². The minimum Gasteiger partial charge on any atom is -0.390 e. The van der Waals surface area contributed by atoms with Crippen LogP contribution in [0.3, 0.4) is 0 Å². The van der Waals surface area contributed by atoms with Gasteiger partial charge in [0.05, 0.1) is 6.10 Å². The summed E-state index contributed by atoms with van der Waals surface area (Å²) in [5.74, 6) is 4.95. The van der Waals surface area contributed by atoms with Crippen LogP contribution in [0.2, 0.25) is 0 Å². The molecule has 0 heterocycles. The topological polar surface area (TPSA) is 40.5 Å². The average Bonchev–Trinajstić information content (AvgIpc) is 3.02. The fourth-order valence-corrected chi connectivity index (χ4v) is 8.74. The van der Waals surface area contributed by atoms with Crippen molar-refractivity contribution < 1.29 is 10.2 Å². The molecule has 29 heavy (non-hydrogen) atoms. The first-order valence-corrected chi connectivity index (χ1v) is 12.7. The summed E-state index contributed by atoms with van der Waals surface area (Å²) in [6.45, 7) is 12.3. The molecule has 0 aromatic carbocycles. The highest BCUT2D eigenvalue weighted by Crippen LogP contribution is 2.67. The van der Waals surface area contributed by atoms with Crippen LogP contribution in [0.15, 0.2) is 11.6 Å². The van der Waals surface area contributed by atoms with Gasteiger partial charge < -0.3 is 10.2 Å². The fraction of sp³-hybridized carbons (Fsp3) is 0.926. The zero-order valence-corrected chi connectivity index (χ0v) is 19.7. The van der Waals surface area contributed by atoms with Crippen LogP contribution in [0.25, 0.3) is 0 Å². The van der Waals surface area contributed by atoms with Crippen molar-refractivity contribution in [3.63, 3.8) is 0 Å². The monoisotopic (exact) mass is 402 g/mol. The van der Waals surface area contributed by atoms with E-state index < -0.39 is 12.2 Å². The SMILES string of the molecule is CC(C)CCC[C@H](C)[C@H]1CC[C@@H]2[C@H]3CC=C4[C@@H](O)[C@H](O)CC[C@]4(C)[C@@H]3CC[C@@]21C. The zero-order valence-electron chi connectivity index (χ0n) is 19.7. The van der Waals surface area contributed by atoms with Crippen LogP contribution in [0.5, 0.6) is 0 Å². The van der Waals surface area contributed by atoms with Crippen LogP contribution in [-0.4, -0.2) is 22.4 Å². The summed E-state index contributed by atoms with van der Waals surface area (Å²) in [4.78, 5) is 0. The summed E-state index contributed by atoms with van der Waals surface area (Å²) in [6, 6.07) is 0. The maximum atomic E-state index is 10.7. The van der Waals surface area contributed by atoms with Crippen LogP contribution >= 0.6 is 0 Å². The van der Waals surface area contributed by atoms with Crippen LogP contribution in [-0.2, 0) is 0 Å². The quantitative estimate of drug-likeness (QED) is 0.525. The summed E-state index contributed by atoms with van der Waals surface area (Å²) in [6.07, 6.45) is 13.9. The predicted molar refractivity (Wildman–Crippen MR) is 120 cm³/mol. The normalized spacial score (nSPS) is 47.9. The van der Waals surface area contributed by atoms with Crippen molar-refractivity contribution in [3.05, 3.63) is 11.6 Å². The van der Waals surface area contributed by atoms with Gasteiger partial charge in [0.1, 0.15) is 6.10 Å². The highest BCUT2D eigenvalue weighted by atomic mass is 16.3. The highest BCUT2D eigenvalue weighted by Gasteiger charge is 2.60. The lowest BCUT2D eigenvalue weighted by molar-refractivity contribution is -0.0801. The summed E-state index contributed by atoms with van der Waals surface area (Å²) in [5.41, 5.74) is 1.81. The van der Waals surface area contributed by atoms with Gasteiger partial charge in [-0.15, -0.1) is 0 Å². The Balaban J connectivity index is 1.51. The fourth-order valence-electron chi connectivity index (χ4n) is 8.74. The molecule has 2 N–H and O–H groups in total. The summed E-state index contributed by atoms with van der Waals surface area (Å²) in [5, 5.41) is 20.9. The Morgan fingerprint density at radius 3 is 2.45 bits per heavy atom. The molecule has 0 aromatic heterocycles. The maximum Gasteiger partial charge on any atom is 0.101 e. The molecule has 4 aliphatic carbocycles. The minimum absolute atomic E-state index is 0.115. The van der Waals surface area contributed by atoms with E-state index >= 15 is 0 Å². The van der Waals surface area contributed by atoms with Crippen molar-refractivity contribution in [2.45, 2.75) is 111 Å². The molecule has 3 fully saturated rings. The van der Waals surface area contributed by atoms with E-state index in [1.165, 1.54) is 50.5 Å². The van der Waals surface area contributed by atoms with Crippen molar-refractivity contribution in [3.8, 4) is 0 Å². The van der Waals surface area contributed by atoms with Gasteiger partial charge in [-0.1, -0.05) is 60.0 Å². The minimum atomic E-state index is -0.625. The van der Waals surface area contributed by atoms with Crippen LogP contribution in [0.1, 0.15) is 98.8 Å². The number of allylic oxidation sites excluding steroid dienone is 1. The summed E-state index contributed by atoms with van der Waals surface area (Å²) >= 11 is 0. The number of hydrogen-bond donors (Lipinski definition) is 2. The van der Waals surface area contributed by atoms with E-state index in [0.717, 1.165) is 48.9 Å². The Morgan fingerprint density at radius 2 is 1.72 bits per heavy atom. The first kappa shape index (κ1) is 21.9. The maximum absolute atomic E-state index is 10.7. The van der Waals surface area contributed by atoms with E-state index in [1.54, 1.807) is 0 Å². The van der Waals surface area contributed by atoms with Gasteiger partial charge in [-0.3, -0.25) is 0 Å². The van der Waals surface area contributed by atoms with E-state index in [4.69, 9.17) is 0 Å². The van der Waals surface area contributed by atoms with Crippen LogP contribution in [0, 0.1) is 46.3 Å². The van der Waals surface area contributed by atoms with Crippen molar-refractivity contribution >= 4 is 0 Å². The number of aliphatic hydroxyl groups is 2. The van der Waals surface area contributed by atoms with Gasteiger partial charge >= 0.3 is 0 Å². The molecular weight excluding hydrogens is 356 g/mol. The molecule has 0 amide bonds. The van der Waals surface area contributed by atoms with Crippen LogP contribution in [0.4, 0.5) is 0 Å². The smallest absolute Gasteiger partial charge is 0.101 e. The van der Waals surface area contributed by atoms with Gasteiger partial charge in [0, 0.05) is 0 Å². The molecule has 166 valence electrons. The molecule has 2 heteroatoms. The van der Waals surface area contributed by atoms with E-state index in [9.17, 15) is 10.2 Å². The Morgan fingerprint density at radius 1 is 0.966 bits per heavy atom. The third kappa shape index (κ3) is 3.55. The number of aliphatic hydroxyl groups excluding tert-OH is 2. The van der Waals surface area contributed by atoms with Gasteiger partial charge in [0.2, 0.25) is 0 Å². The Labute approximate surface area is 179 Å². The van der Waals surface area contributed by atoms with Crippen molar-refractivity contribution in [1.29, 1.82) is 0 Å². The first-order chi connectivity index (χ1) is 13.7. The third-order valence-corrected chi connectivity index (χ3v) is 10.4. The standard InChI is InChI=1S/C27H46O2/c1-17(2)7-6-8-18(3)20-11-12-21-19-9-10-23-25(29)24(28)14-16-27(23,5)22(19)13-15-26(20,21)4/h10,17-22,24-25,28-29H,6-9,11-16H2,1-5H3/t18-,19+,20+,21+,22+,24+,25+,26+,27+/m0/s1. The number of rotatable bonds is 5. The van der Waals surface area contributed by atoms with Crippen LogP contribution < -0.4 is 0 Å². The predicted octanol–water partition coefficient (Wildman–Crippen LogP) is 6.36. The highest BCUT2D eigenvalue weighted by molar-refractivity contribution is 5.29. The van der Waals surface area contributed by atoms with Crippen molar-refractivity contribution in [2.75, 3.05) is 0 Å². The van der Waals surface area contributed by atoms with Gasteiger partial charge in [0.15, 0.2) is 0 Å². The number of hydrogen-bond acceptors (Lipinski definition) is 2. The molecule has 0 saturated heterocycles. The molecule has 0 unspecified atom stereocenters. The molecule has 0 spiro atoms. The number of fused-ring (bicyclic) bond motifs is 5. The Hall–Kier alpha value is -0.340. The second-order valence-corrected chi connectivity index (χ2v) is 12.3. The van der Waals surface area contributed by atoms with Gasteiger partial charge in [-0.2, -0.15) is 0 Å². The van der Waals surface area contributed by atoms with Gasteiger partial charge in [-0.25, -0.2) is 0 Å². The molecule has 0 bridgehead atoms. The molecule has 0 aromatic rings. The van der Waals surface area contributed by atoms with E-state index in [2.05, 4.69) is 40.7 Å². The zero-order chi connectivity index (χ0) is 21.0. The second-order valence-electron chi connectivity index (χ2n) is 12.3. The van der Waals surface area contributed by atoms with E-state index in [-0.39, 0.29) is 5.41 Å². The molecule has 4 rings (SSSR count). The van der Waals surface area contributed by atoms with Gasteiger partial charge in [-0.05, 0) is 96.9 Å².